The largest absolute Gasteiger partial charge is 0.412 e. The Balaban J connectivity index is 0.00000312. The average Bonchev–Trinajstić information content (AvgIpc) is 3.58. The van der Waals surface area contributed by atoms with Gasteiger partial charge in [0.2, 0.25) is 0 Å². The van der Waals surface area contributed by atoms with E-state index in [0.717, 1.165) is 24.2 Å². The third-order valence-corrected chi connectivity index (χ3v) is 9.25. The van der Waals surface area contributed by atoms with E-state index in [-0.39, 0.29) is 10.9 Å². The molecule has 0 unspecified atom stereocenters. The Hall–Kier alpha value is -5.12. The first-order chi connectivity index (χ1) is 21.1. The van der Waals surface area contributed by atoms with E-state index in [4.69, 9.17) is 0 Å². The predicted molar refractivity (Wildman–Crippen MR) is 185 cm³/mol. The van der Waals surface area contributed by atoms with Crippen molar-refractivity contribution in [1.82, 2.24) is 4.57 Å². The number of hydrogen-bond acceptors (Lipinski definition) is 1. The third-order valence-electron chi connectivity index (χ3n) is 9.25. The number of rotatable bonds is 5. The van der Waals surface area contributed by atoms with E-state index in [0.29, 0.717) is 0 Å². The molecule has 3 heteroatoms. The molecule has 2 aliphatic carbocycles. The third kappa shape index (κ3) is 4.49. The second kappa shape index (κ2) is 10.9. The summed E-state index contributed by atoms with van der Waals surface area (Å²) in [5, 5.41) is 1.22. The molecule has 2 N–H and O–H groups in total. The van der Waals surface area contributed by atoms with Crippen LogP contribution in [0.3, 0.4) is 0 Å². The lowest BCUT2D eigenvalue weighted by atomic mass is 9.82. The van der Waals surface area contributed by atoms with E-state index in [1.54, 1.807) is 0 Å². The maximum Gasteiger partial charge on any atom is 0.0529 e. The molecule has 216 valence electrons. The number of hydrogen-bond donors (Lipinski definition) is 0. The average molecular weight is 573 g/mol. The Morgan fingerprint density at radius 1 is 0.636 bits per heavy atom. The number of para-hydroxylation sites is 1. The standard InChI is InChI=1S/C41H34N2.H2O/c1-41(2)38-16-10-9-15-36(38)37-23-21-35(28-39(37)41)43(33-19-17-30(18-20-33)29-11-5-3-6-12-29)34-22-24-40-31(27-34)25-26-42(40)32-13-7-4-8-14-32;/h4-5,7-28H,3,6H2,1-2H3;1H2. The lowest BCUT2D eigenvalue weighted by Crippen LogP contribution is -2.16. The number of nitrogens with zero attached hydrogens (tertiary/aromatic N) is 2. The summed E-state index contributed by atoms with van der Waals surface area (Å²) in [6, 6.07) is 44.6. The van der Waals surface area contributed by atoms with Crippen LogP contribution in [0.25, 0.3) is 33.3 Å². The molecule has 2 aliphatic rings. The van der Waals surface area contributed by atoms with E-state index in [9.17, 15) is 0 Å². The zero-order valence-electron chi connectivity index (χ0n) is 25.2. The molecule has 0 saturated heterocycles. The number of benzene rings is 5. The molecule has 0 bridgehead atoms. The molecule has 5 aromatic carbocycles. The van der Waals surface area contributed by atoms with Gasteiger partial charge in [-0.1, -0.05) is 92.7 Å². The van der Waals surface area contributed by atoms with Crippen LogP contribution >= 0.6 is 0 Å². The minimum Gasteiger partial charge on any atom is -0.412 e. The molecule has 0 spiro atoms. The molecule has 0 amide bonds. The van der Waals surface area contributed by atoms with Gasteiger partial charge in [-0.2, -0.15) is 0 Å². The molecule has 1 aromatic heterocycles. The molecule has 3 nitrogen and oxygen atoms in total. The van der Waals surface area contributed by atoms with E-state index in [2.05, 4.69) is 169 Å². The zero-order valence-corrected chi connectivity index (χ0v) is 25.2. The van der Waals surface area contributed by atoms with Crippen molar-refractivity contribution in [2.75, 3.05) is 4.90 Å². The van der Waals surface area contributed by atoms with E-state index < -0.39 is 0 Å². The molecule has 0 aliphatic heterocycles. The van der Waals surface area contributed by atoms with Crippen molar-refractivity contribution in [3.63, 3.8) is 0 Å². The fraction of sp³-hybridized carbons (Fsp3) is 0.122. The van der Waals surface area contributed by atoms with Gasteiger partial charge in [-0.05, 0) is 107 Å². The molecule has 8 rings (SSSR count). The second-order valence-electron chi connectivity index (χ2n) is 12.2. The first kappa shape index (κ1) is 27.7. The van der Waals surface area contributed by atoms with Crippen LogP contribution in [0.5, 0.6) is 0 Å². The number of aromatic nitrogens is 1. The fourth-order valence-electron chi connectivity index (χ4n) is 6.99. The van der Waals surface area contributed by atoms with E-state index in [1.807, 2.05) is 0 Å². The van der Waals surface area contributed by atoms with Crippen LogP contribution in [0.4, 0.5) is 17.1 Å². The van der Waals surface area contributed by atoms with Crippen LogP contribution in [0.1, 0.15) is 43.4 Å². The van der Waals surface area contributed by atoms with Crippen LogP contribution < -0.4 is 4.90 Å². The Bertz CT molecular complexity index is 2040. The first-order valence-corrected chi connectivity index (χ1v) is 15.3. The maximum atomic E-state index is 2.41. The summed E-state index contributed by atoms with van der Waals surface area (Å²) in [6.45, 7) is 4.70. The molecule has 0 fully saturated rings. The van der Waals surface area contributed by atoms with Crippen molar-refractivity contribution >= 4 is 33.5 Å². The monoisotopic (exact) mass is 572 g/mol. The summed E-state index contributed by atoms with van der Waals surface area (Å²) >= 11 is 0. The molecule has 0 radical (unpaired) electrons. The number of fused-ring (bicyclic) bond motifs is 4. The predicted octanol–water partition coefficient (Wildman–Crippen LogP) is 10.3. The molecule has 44 heavy (non-hydrogen) atoms. The molecular weight excluding hydrogens is 536 g/mol. The zero-order chi connectivity index (χ0) is 29.0. The molecule has 0 atom stereocenters. The minimum atomic E-state index is -0.0614. The van der Waals surface area contributed by atoms with Gasteiger partial charge in [0, 0.05) is 39.7 Å². The van der Waals surface area contributed by atoms with Gasteiger partial charge in [0.1, 0.15) is 0 Å². The summed E-state index contributed by atoms with van der Waals surface area (Å²) in [5.41, 5.74) is 13.8. The van der Waals surface area contributed by atoms with E-state index in [1.165, 1.54) is 55.7 Å². The van der Waals surface area contributed by atoms with Crippen molar-refractivity contribution in [1.29, 1.82) is 0 Å². The summed E-state index contributed by atoms with van der Waals surface area (Å²) in [4.78, 5) is 2.41. The smallest absolute Gasteiger partial charge is 0.0529 e. The summed E-state index contributed by atoms with van der Waals surface area (Å²) in [7, 11) is 0. The normalized spacial score (nSPS) is 14.5. The van der Waals surface area contributed by atoms with Crippen LogP contribution in [-0.4, -0.2) is 10.0 Å². The Morgan fingerprint density at radius 3 is 2.14 bits per heavy atom. The Morgan fingerprint density at radius 2 is 1.34 bits per heavy atom. The number of allylic oxidation sites excluding steroid dienone is 4. The van der Waals surface area contributed by atoms with Crippen molar-refractivity contribution in [3.8, 4) is 16.8 Å². The van der Waals surface area contributed by atoms with Crippen LogP contribution in [0.2, 0.25) is 0 Å². The topological polar surface area (TPSA) is 39.7 Å². The molecule has 1 heterocycles. The van der Waals surface area contributed by atoms with Crippen LogP contribution in [0, 0.1) is 0 Å². The quantitative estimate of drug-likeness (QED) is 0.203. The van der Waals surface area contributed by atoms with E-state index >= 15 is 0 Å². The van der Waals surface area contributed by atoms with Gasteiger partial charge in [-0.25, -0.2) is 0 Å². The van der Waals surface area contributed by atoms with Gasteiger partial charge in [-0.15, -0.1) is 0 Å². The minimum absolute atomic E-state index is 0. The van der Waals surface area contributed by atoms with Gasteiger partial charge in [0.05, 0.1) is 5.52 Å². The highest BCUT2D eigenvalue weighted by Crippen LogP contribution is 2.50. The molecular formula is C41H36N2O. The molecule has 0 saturated carbocycles. The highest BCUT2D eigenvalue weighted by Gasteiger charge is 2.35. The second-order valence-corrected chi connectivity index (χ2v) is 12.2. The lowest BCUT2D eigenvalue weighted by molar-refractivity contribution is 0.660. The SMILES string of the molecule is CC1(C)c2ccccc2-c2ccc(N(c3ccc(C4=CCCC=C4)cc3)c3ccc4c(ccn4-c4ccccc4)c3)cc21.O. The highest BCUT2D eigenvalue weighted by molar-refractivity contribution is 5.91. The number of anilines is 3. The van der Waals surface area contributed by atoms with Gasteiger partial charge in [-0.3, -0.25) is 0 Å². The Labute approximate surface area is 259 Å². The summed E-state index contributed by atoms with van der Waals surface area (Å²) in [5.74, 6) is 0. The van der Waals surface area contributed by atoms with Gasteiger partial charge < -0.3 is 14.9 Å². The van der Waals surface area contributed by atoms with Crippen molar-refractivity contribution < 1.29 is 5.48 Å². The van der Waals surface area contributed by atoms with Crippen molar-refractivity contribution in [3.05, 3.63) is 162 Å². The maximum absolute atomic E-state index is 2.41. The van der Waals surface area contributed by atoms with Gasteiger partial charge in [0.25, 0.3) is 0 Å². The van der Waals surface area contributed by atoms with Crippen molar-refractivity contribution in [2.24, 2.45) is 0 Å². The summed E-state index contributed by atoms with van der Waals surface area (Å²) in [6.07, 6.45) is 11.3. The van der Waals surface area contributed by atoms with Gasteiger partial charge in [0.15, 0.2) is 0 Å². The van der Waals surface area contributed by atoms with Crippen molar-refractivity contribution in [2.45, 2.75) is 32.1 Å². The first-order valence-electron chi connectivity index (χ1n) is 15.3. The summed E-state index contributed by atoms with van der Waals surface area (Å²) < 4.78 is 2.26. The lowest BCUT2D eigenvalue weighted by Gasteiger charge is -2.28. The van der Waals surface area contributed by atoms with Crippen LogP contribution in [0.15, 0.2) is 146 Å². The fourth-order valence-corrected chi connectivity index (χ4v) is 6.99. The highest BCUT2D eigenvalue weighted by atomic mass is 16.0. The van der Waals surface area contributed by atoms with Crippen LogP contribution in [-0.2, 0) is 5.41 Å². The molecule has 6 aromatic rings. The Kier molecular flexibility index (Phi) is 6.84. The van der Waals surface area contributed by atoms with Gasteiger partial charge >= 0.3 is 0 Å².